The fourth-order valence-electron chi connectivity index (χ4n) is 1.87. The van der Waals surface area contributed by atoms with E-state index < -0.39 is 0 Å². The van der Waals surface area contributed by atoms with Crippen LogP contribution in [0.5, 0.6) is 0 Å². The molecular weight excluding hydrogens is 274 g/mol. The summed E-state index contributed by atoms with van der Waals surface area (Å²) in [6.45, 7) is 0.0428. The molecule has 0 saturated heterocycles. The van der Waals surface area contributed by atoms with E-state index in [9.17, 15) is 10.1 Å². The topological polar surface area (TPSA) is 63.4 Å². The van der Waals surface area contributed by atoms with Gasteiger partial charge in [0.2, 0.25) is 0 Å². The number of rotatable bonds is 6. The van der Waals surface area contributed by atoms with Crippen LogP contribution in [-0.4, -0.2) is 15.8 Å². The van der Waals surface area contributed by atoms with Gasteiger partial charge in [0.25, 0.3) is 5.69 Å². The predicted molar refractivity (Wildman–Crippen MR) is 79.9 cm³/mol. The van der Waals surface area contributed by atoms with Crippen LogP contribution in [0.3, 0.4) is 0 Å². The first-order valence-corrected chi connectivity index (χ1v) is 7.24. The average Bonchev–Trinajstić information content (AvgIpc) is 2.48. The second-order valence-corrected chi connectivity index (χ2v) is 5.45. The summed E-state index contributed by atoms with van der Waals surface area (Å²) < 4.78 is 0. The molecule has 0 radical (unpaired) electrons. The minimum atomic E-state index is -0.337. The summed E-state index contributed by atoms with van der Waals surface area (Å²) >= 11 is 1.65. The van der Waals surface area contributed by atoms with Crippen LogP contribution in [0.1, 0.15) is 11.1 Å². The van der Waals surface area contributed by atoms with Crippen molar-refractivity contribution in [3.8, 4) is 0 Å². The highest BCUT2D eigenvalue weighted by atomic mass is 32.2. The van der Waals surface area contributed by atoms with Crippen molar-refractivity contribution >= 4 is 17.4 Å². The molecule has 0 aliphatic rings. The van der Waals surface area contributed by atoms with Gasteiger partial charge in [0.1, 0.15) is 0 Å². The zero-order valence-electron chi connectivity index (χ0n) is 10.9. The second kappa shape index (κ2) is 7.07. The standard InChI is InChI=1S/C15H15NO3S/c17-11-12-5-7-14(8-6-12)20-10-9-13-3-1-2-4-15(13)16(18)19/h1-8,17H,9-11H2. The molecule has 5 heteroatoms. The molecule has 2 rings (SSSR count). The van der Waals surface area contributed by atoms with Gasteiger partial charge in [-0.05, 0) is 24.1 Å². The zero-order valence-corrected chi connectivity index (χ0v) is 11.7. The van der Waals surface area contributed by atoms with E-state index in [1.54, 1.807) is 23.9 Å². The zero-order chi connectivity index (χ0) is 14.4. The maximum absolute atomic E-state index is 10.9. The fourth-order valence-corrected chi connectivity index (χ4v) is 2.76. The lowest BCUT2D eigenvalue weighted by Gasteiger charge is -2.04. The van der Waals surface area contributed by atoms with Gasteiger partial charge in [-0.25, -0.2) is 0 Å². The van der Waals surface area contributed by atoms with Gasteiger partial charge >= 0.3 is 0 Å². The van der Waals surface area contributed by atoms with E-state index in [0.29, 0.717) is 6.42 Å². The first-order chi connectivity index (χ1) is 9.70. The normalized spacial score (nSPS) is 10.4. The van der Waals surface area contributed by atoms with Crippen LogP contribution in [0.25, 0.3) is 0 Å². The van der Waals surface area contributed by atoms with Gasteiger partial charge in [0, 0.05) is 22.3 Å². The van der Waals surface area contributed by atoms with Gasteiger partial charge in [0.05, 0.1) is 11.5 Å². The molecule has 0 saturated carbocycles. The van der Waals surface area contributed by atoms with Crippen molar-refractivity contribution in [1.82, 2.24) is 0 Å². The van der Waals surface area contributed by atoms with Gasteiger partial charge in [-0.2, -0.15) is 0 Å². The lowest BCUT2D eigenvalue weighted by molar-refractivity contribution is -0.385. The first-order valence-electron chi connectivity index (χ1n) is 6.25. The lowest BCUT2D eigenvalue weighted by atomic mass is 10.1. The van der Waals surface area contributed by atoms with E-state index in [1.165, 1.54) is 6.07 Å². The van der Waals surface area contributed by atoms with Crippen molar-refractivity contribution in [2.75, 3.05) is 5.75 Å². The summed E-state index contributed by atoms with van der Waals surface area (Å²) in [5, 5.41) is 19.9. The van der Waals surface area contributed by atoms with E-state index in [-0.39, 0.29) is 17.2 Å². The molecule has 0 aliphatic heterocycles. The highest BCUT2D eigenvalue weighted by Gasteiger charge is 2.11. The van der Waals surface area contributed by atoms with Crippen LogP contribution in [0.15, 0.2) is 53.4 Å². The molecule has 1 N–H and O–H groups in total. The van der Waals surface area contributed by atoms with Crippen molar-refractivity contribution in [2.45, 2.75) is 17.9 Å². The number of para-hydroxylation sites is 1. The Morgan fingerprint density at radius 3 is 2.45 bits per heavy atom. The number of hydrogen-bond acceptors (Lipinski definition) is 4. The molecule has 0 aliphatic carbocycles. The van der Waals surface area contributed by atoms with Crippen molar-refractivity contribution < 1.29 is 10.0 Å². The maximum Gasteiger partial charge on any atom is 0.272 e. The third-order valence-electron chi connectivity index (χ3n) is 2.93. The number of nitrogens with zero attached hydrogens (tertiary/aromatic N) is 1. The fraction of sp³-hybridized carbons (Fsp3) is 0.200. The maximum atomic E-state index is 10.9. The molecule has 0 unspecified atom stereocenters. The highest BCUT2D eigenvalue weighted by molar-refractivity contribution is 7.99. The van der Waals surface area contributed by atoms with Crippen molar-refractivity contribution in [3.05, 3.63) is 69.8 Å². The smallest absolute Gasteiger partial charge is 0.272 e. The molecule has 0 bridgehead atoms. The Kier molecular flexibility index (Phi) is 5.15. The van der Waals surface area contributed by atoms with Crippen LogP contribution < -0.4 is 0 Å². The number of nitro benzene ring substituents is 1. The number of nitro groups is 1. The summed E-state index contributed by atoms with van der Waals surface area (Å²) in [4.78, 5) is 11.7. The van der Waals surface area contributed by atoms with Gasteiger partial charge in [-0.3, -0.25) is 10.1 Å². The van der Waals surface area contributed by atoms with Gasteiger partial charge in [-0.1, -0.05) is 30.3 Å². The number of aliphatic hydroxyl groups is 1. The Balaban J connectivity index is 1.94. The molecule has 0 atom stereocenters. The summed E-state index contributed by atoms with van der Waals surface area (Å²) in [5.41, 5.74) is 1.83. The van der Waals surface area contributed by atoms with Crippen molar-refractivity contribution in [2.24, 2.45) is 0 Å². The molecule has 2 aromatic rings. The molecule has 104 valence electrons. The van der Waals surface area contributed by atoms with Gasteiger partial charge in [-0.15, -0.1) is 11.8 Å². The molecule has 4 nitrogen and oxygen atoms in total. The van der Waals surface area contributed by atoms with Crippen LogP contribution in [0, 0.1) is 10.1 Å². The quantitative estimate of drug-likeness (QED) is 0.503. The second-order valence-electron chi connectivity index (χ2n) is 4.29. The molecule has 20 heavy (non-hydrogen) atoms. The molecule has 2 aromatic carbocycles. The van der Waals surface area contributed by atoms with Crippen LogP contribution in [0.4, 0.5) is 5.69 Å². The van der Waals surface area contributed by atoms with E-state index in [0.717, 1.165) is 21.8 Å². The monoisotopic (exact) mass is 289 g/mol. The van der Waals surface area contributed by atoms with Gasteiger partial charge < -0.3 is 5.11 Å². The van der Waals surface area contributed by atoms with Crippen LogP contribution >= 0.6 is 11.8 Å². The van der Waals surface area contributed by atoms with Crippen LogP contribution in [-0.2, 0) is 13.0 Å². The van der Waals surface area contributed by atoms with E-state index in [1.807, 2.05) is 30.3 Å². The minimum Gasteiger partial charge on any atom is -0.392 e. The van der Waals surface area contributed by atoms with E-state index in [4.69, 9.17) is 5.11 Å². The Labute approximate surface area is 121 Å². The number of hydrogen-bond donors (Lipinski definition) is 1. The summed E-state index contributed by atoms with van der Waals surface area (Å²) in [7, 11) is 0. The Hall–Kier alpha value is -1.85. The minimum absolute atomic E-state index is 0.0428. The van der Waals surface area contributed by atoms with Crippen molar-refractivity contribution in [3.63, 3.8) is 0 Å². The van der Waals surface area contributed by atoms with E-state index >= 15 is 0 Å². The number of thioether (sulfide) groups is 1. The Morgan fingerprint density at radius 2 is 1.80 bits per heavy atom. The molecule has 0 spiro atoms. The summed E-state index contributed by atoms with van der Waals surface area (Å²) in [6.07, 6.45) is 0.656. The predicted octanol–water partition coefficient (Wildman–Crippen LogP) is 3.42. The highest BCUT2D eigenvalue weighted by Crippen LogP contribution is 2.23. The SMILES string of the molecule is O=[N+]([O-])c1ccccc1CCSc1ccc(CO)cc1. The molecular formula is C15H15NO3S. The van der Waals surface area contributed by atoms with Crippen molar-refractivity contribution in [1.29, 1.82) is 0 Å². The molecule has 0 aromatic heterocycles. The molecule has 0 fully saturated rings. The number of aliphatic hydroxyl groups excluding tert-OH is 1. The Bertz CT molecular complexity index is 584. The molecule has 0 heterocycles. The lowest BCUT2D eigenvalue weighted by Crippen LogP contribution is -1.96. The first kappa shape index (κ1) is 14.6. The third kappa shape index (κ3) is 3.82. The van der Waals surface area contributed by atoms with Gasteiger partial charge in [0.15, 0.2) is 0 Å². The summed E-state index contributed by atoms with van der Waals surface area (Å²) in [6, 6.07) is 14.5. The summed E-state index contributed by atoms with van der Waals surface area (Å²) in [5.74, 6) is 0.781. The average molecular weight is 289 g/mol. The van der Waals surface area contributed by atoms with E-state index in [2.05, 4.69) is 0 Å². The number of aryl methyl sites for hydroxylation is 1. The largest absolute Gasteiger partial charge is 0.392 e. The third-order valence-corrected chi connectivity index (χ3v) is 3.95. The van der Waals surface area contributed by atoms with Crippen LogP contribution in [0.2, 0.25) is 0 Å². The molecule has 0 amide bonds. The number of benzene rings is 2. The Morgan fingerprint density at radius 1 is 1.10 bits per heavy atom.